The lowest BCUT2D eigenvalue weighted by Gasteiger charge is -2.50. The van der Waals surface area contributed by atoms with Crippen molar-refractivity contribution in [3.05, 3.63) is 174 Å². The summed E-state index contributed by atoms with van der Waals surface area (Å²) in [6.07, 6.45) is 6.73. The minimum Gasteiger partial charge on any atom is -0.208 e. The van der Waals surface area contributed by atoms with Gasteiger partial charge < -0.3 is 0 Å². The molecule has 61 heavy (non-hydrogen) atoms. The molecule has 0 saturated heterocycles. The average Bonchev–Trinajstić information content (AvgIpc) is 3.31. The van der Waals surface area contributed by atoms with Crippen LogP contribution in [0.5, 0.6) is 0 Å². The Bertz CT molecular complexity index is 2830. The third-order valence-corrected chi connectivity index (χ3v) is 13.2. The molecule has 1 aromatic heterocycles. The lowest BCUT2D eigenvalue weighted by atomic mass is 9.54. The van der Waals surface area contributed by atoms with Crippen LogP contribution in [0.4, 0.5) is 0 Å². The third kappa shape index (κ3) is 7.50. The lowest BCUT2D eigenvalue weighted by Crippen LogP contribution is -2.42. The Morgan fingerprint density at radius 1 is 0.459 bits per heavy atom. The zero-order chi connectivity index (χ0) is 41.5. The van der Waals surface area contributed by atoms with Crippen LogP contribution in [0.1, 0.15) is 62.6 Å². The zero-order valence-electron chi connectivity index (χ0n) is 34.5. The molecule has 2 aliphatic rings. The van der Waals surface area contributed by atoms with Gasteiger partial charge >= 0.3 is 0 Å². The number of aromatic nitrogens is 3. The summed E-state index contributed by atoms with van der Waals surface area (Å²) in [4.78, 5) is 15.3. The molecule has 294 valence electrons. The van der Waals surface area contributed by atoms with Gasteiger partial charge in [0, 0.05) is 16.7 Å². The van der Waals surface area contributed by atoms with Crippen molar-refractivity contribution >= 4 is 10.8 Å². The Morgan fingerprint density at radius 3 is 1.39 bits per heavy atom. The predicted octanol–water partition coefficient (Wildman–Crippen LogP) is 13.9. The van der Waals surface area contributed by atoms with Gasteiger partial charge in [0.2, 0.25) is 0 Å². The SMILES string of the molecule is C[C@@H]1C[C@@H]2C[C@H](C)CC(c3ccc(-c4ccc5c(-c6nc(-c7ccc(-c8ccc(C#N)cc8)cc7)nc(-c7ccc(-c8ccc(C#N)cc8)cc7)n6)cccc5c4)cc3)(C1)C2. The second kappa shape index (κ2) is 15.8. The van der Waals surface area contributed by atoms with Crippen molar-refractivity contribution in [1.82, 2.24) is 15.0 Å². The largest absolute Gasteiger partial charge is 0.208 e. The van der Waals surface area contributed by atoms with Gasteiger partial charge in [-0.15, -0.1) is 0 Å². The van der Waals surface area contributed by atoms with Gasteiger partial charge in [0.1, 0.15) is 0 Å². The van der Waals surface area contributed by atoms with E-state index in [0.717, 1.165) is 67.5 Å². The highest BCUT2D eigenvalue weighted by Gasteiger charge is 2.45. The minimum absolute atomic E-state index is 0.319. The van der Waals surface area contributed by atoms with E-state index in [-0.39, 0.29) is 0 Å². The van der Waals surface area contributed by atoms with Crippen molar-refractivity contribution in [1.29, 1.82) is 10.5 Å². The van der Waals surface area contributed by atoms with E-state index >= 15 is 0 Å². The number of fused-ring (bicyclic) bond motifs is 3. The maximum atomic E-state index is 9.27. The zero-order valence-corrected chi connectivity index (χ0v) is 34.5. The van der Waals surface area contributed by atoms with E-state index in [1.54, 1.807) is 0 Å². The van der Waals surface area contributed by atoms with Gasteiger partial charge in [0.25, 0.3) is 0 Å². The Morgan fingerprint density at radius 2 is 0.885 bits per heavy atom. The van der Waals surface area contributed by atoms with Crippen LogP contribution >= 0.6 is 0 Å². The van der Waals surface area contributed by atoms with Gasteiger partial charge in [-0.1, -0.05) is 141 Å². The number of hydrogen-bond donors (Lipinski definition) is 0. The van der Waals surface area contributed by atoms with Crippen LogP contribution in [0, 0.1) is 40.4 Å². The highest BCUT2D eigenvalue weighted by atomic mass is 15.0. The molecule has 2 aliphatic carbocycles. The van der Waals surface area contributed by atoms with Crippen LogP contribution in [0.25, 0.3) is 78.3 Å². The van der Waals surface area contributed by atoms with E-state index in [1.165, 1.54) is 48.8 Å². The quantitative estimate of drug-likeness (QED) is 0.161. The first kappa shape index (κ1) is 38.0. The Hall–Kier alpha value is -7.21. The minimum atomic E-state index is 0.319. The fourth-order valence-corrected chi connectivity index (χ4v) is 10.6. The molecule has 0 radical (unpaired) electrons. The summed E-state index contributed by atoms with van der Waals surface area (Å²) in [6.45, 7) is 4.92. The first-order valence-electron chi connectivity index (χ1n) is 21.5. The summed E-state index contributed by atoms with van der Waals surface area (Å²) in [5.74, 6) is 4.22. The molecule has 8 aromatic rings. The van der Waals surface area contributed by atoms with Crippen molar-refractivity contribution in [2.75, 3.05) is 0 Å². The molecule has 4 atom stereocenters. The molecule has 2 saturated carbocycles. The fraction of sp³-hybridized carbons (Fsp3) is 0.196. The molecule has 0 spiro atoms. The van der Waals surface area contributed by atoms with Crippen LogP contribution in [-0.2, 0) is 5.41 Å². The van der Waals surface area contributed by atoms with Gasteiger partial charge in [0.15, 0.2) is 17.5 Å². The molecule has 0 N–H and O–H groups in total. The second-order valence-electron chi connectivity index (χ2n) is 17.6. The van der Waals surface area contributed by atoms with Crippen LogP contribution < -0.4 is 0 Å². The standard InChI is InChI=1S/C56H45N5/c1-36-28-40-29-37(2)32-56(31-36,33-40)50-25-22-45(23-26-50)48-24-27-51-49(30-48)4-3-5-52(51)55-60-53(46-18-14-43(15-19-46)41-10-6-38(34-57)7-11-41)59-54(61-55)47-20-16-44(17-21-47)42-12-8-39(35-58)9-13-42/h3-27,30,36-37,40H,28-29,31-33H2,1-2H3/t36-,37+,40-,56?. The molecule has 10 rings (SSSR count). The highest BCUT2D eigenvalue weighted by molar-refractivity contribution is 5.97. The van der Waals surface area contributed by atoms with Gasteiger partial charge in [-0.25, -0.2) is 15.0 Å². The van der Waals surface area contributed by atoms with Crippen molar-refractivity contribution in [2.24, 2.45) is 17.8 Å². The Kier molecular flexibility index (Phi) is 9.82. The molecule has 7 aromatic carbocycles. The van der Waals surface area contributed by atoms with E-state index in [9.17, 15) is 10.5 Å². The summed E-state index contributed by atoms with van der Waals surface area (Å²) in [6, 6.07) is 58.7. The number of hydrogen-bond acceptors (Lipinski definition) is 5. The summed E-state index contributed by atoms with van der Waals surface area (Å²) < 4.78 is 0. The number of nitriles is 2. The van der Waals surface area contributed by atoms with Gasteiger partial charge in [-0.3, -0.25) is 0 Å². The summed E-state index contributed by atoms with van der Waals surface area (Å²) >= 11 is 0. The average molecular weight is 788 g/mol. The molecule has 0 amide bonds. The molecular weight excluding hydrogens is 743 g/mol. The van der Waals surface area contributed by atoms with Crippen molar-refractivity contribution in [2.45, 2.75) is 51.4 Å². The van der Waals surface area contributed by atoms with Crippen molar-refractivity contribution < 1.29 is 0 Å². The van der Waals surface area contributed by atoms with E-state index < -0.39 is 0 Å². The monoisotopic (exact) mass is 787 g/mol. The van der Waals surface area contributed by atoms with E-state index in [4.69, 9.17) is 15.0 Å². The lowest BCUT2D eigenvalue weighted by molar-refractivity contribution is 0.0780. The van der Waals surface area contributed by atoms with Crippen LogP contribution in [0.3, 0.4) is 0 Å². The second-order valence-corrected chi connectivity index (χ2v) is 17.6. The topological polar surface area (TPSA) is 86.2 Å². The number of nitrogens with zero attached hydrogens (tertiary/aromatic N) is 5. The Labute approximate surface area is 358 Å². The Balaban J connectivity index is 1.01. The smallest absolute Gasteiger partial charge is 0.164 e. The first-order valence-corrected chi connectivity index (χ1v) is 21.5. The van der Waals surface area contributed by atoms with Crippen molar-refractivity contribution in [3.8, 4) is 79.7 Å². The normalized spacial score (nSPS) is 19.5. The summed E-state index contributed by atoms with van der Waals surface area (Å²) in [5, 5.41) is 20.8. The van der Waals surface area contributed by atoms with E-state index in [0.29, 0.717) is 34.0 Å². The fourth-order valence-electron chi connectivity index (χ4n) is 10.6. The molecule has 5 nitrogen and oxygen atoms in total. The van der Waals surface area contributed by atoms with E-state index in [1.807, 2.05) is 72.8 Å². The first-order chi connectivity index (χ1) is 29.8. The molecule has 1 unspecified atom stereocenters. The van der Waals surface area contributed by atoms with Crippen LogP contribution in [0.2, 0.25) is 0 Å². The maximum absolute atomic E-state index is 9.27. The van der Waals surface area contributed by atoms with Gasteiger partial charge in [-0.05, 0) is 135 Å². The maximum Gasteiger partial charge on any atom is 0.164 e. The van der Waals surface area contributed by atoms with Crippen LogP contribution in [0.15, 0.2) is 158 Å². The van der Waals surface area contributed by atoms with Gasteiger partial charge in [0.05, 0.1) is 23.3 Å². The molecule has 5 heteroatoms. The molecule has 2 bridgehead atoms. The summed E-state index contributed by atoms with van der Waals surface area (Å²) in [7, 11) is 0. The highest BCUT2D eigenvalue weighted by Crippen LogP contribution is 2.54. The molecule has 2 fully saturated rings. The molecule has 0 aliphatic heterocycles. The van der Waals surface area contributed by atoms with Crippen LogP contribution in [-0.4, -0.2) is 15.0 Å². The predicted molar refractivity (Wildman–Crippen MR) is 246 cm³/mol. The van der Waals surface area contributed by atoms with Crippen molar-refractivity contribution in [3.63, 3.8) is 0 Å². The van der Waals surface area contributed by atoms with Gasteiger partial charge in [-0.2, -0.15) is 10.5 Å². The van der Waals surface area contributed by atoms with E-state index in [2.05, 4.69) is 111 Å². The number of benzene rings is 7. The third-order valence-electron chi connectivity index (χ3n) is 13.2. The number of rotatable bonds is 7. The summed E-state index contributed by atoms with van der Waals surface area (Å²) in [5.41, 5.74) is 12.4. The molecule has 1 heterocycles. The molecular formula is C56H45N5.